The molecule has 1 aromatic heterocycles. The van der Waals surface area contributed by atoms with Gasteiger partial charge in [-0.05, 0) is 87.1 Å². The molecule has 0 spiro atoms. The third-order valence-electron chi connectivity index (χ3n) is 5.99. The lowest BCUT2D eigenvalue weighted by Crippen LogP contribution is -2.35. The number of benzene rings is 2. The van der Waals surface area contributed by atoms with Gasteiger partial charge in [0.15, 0.2) is 0 Å². The van der Waals surface area contributed by atoms with Crippen LogP contribution in [0, 0.1) is 5.92 Å². The molecular formula is C30H35N3O6. The van der Waals surface area contributed by atoms with E-state index in [2.05, 4.69) is 15.6 Å². The van der Waals surface area contributed by atoms with Gasteiger partial charge < -0.3 is 30.0 Å². The van der Waals surface area contributed by atoms with Gasteiger partial charge in [0, 0.05) is 19.0 Å². The minimum Gasteiger partial charge on any atom is -0.508 e. The molecule has 1 unspecified atom stereocenters. The lowest BCUT2D eigenvalue weighted by Gasteiger charge is -2.26. The smallest absolute Gasteiger partial charge is 0.407 e. The van der Waals surface area contributed by atoms with Crippen LogP contribution >= 0.6 is 0 Å². The van der Waals surface area contributed by atoms with Crippen molar-refractivity contribution in [2.24, 2.45) is 5.92 Å². The van der Waals surface area contributed by atoms with Crippen molar-refractivity contribution in [2.45, 2.75) is 58.7 Å². The molecule has 0 aliphatic carbocycles. The van der Waals surface area contributed by atoms with Gasteiger partial charge in [0.1, 0.15) is 29.0 Å². The van der Waals surface area contributed by atoms with Gasteiger partial charge in [0.2, 0.25) is 11.8 Å². The largest absolute Gasteiger partial charge is 0.508 e. The van der Waals surface area contributed by atoms with Gasteiger partial charge in [-0.15, -0.1) is 0 Å². The molecule has 0 bridgehead atoms. The summed E-state index contributed by atoms with van der Waals surface area (Å²) in [7, 11) is 0. The number of anilines is 1. The fraction of sp³-hybridized carbons (Fsp3) is 0.367. The first-order chi connectivity index (χ1) is 18.5. The van der Waals surface area contributed by atoms with Crippen LogP contribution in [0.5, 0.6) is 23.1 Å². The number of aromatic nitrogens is 1. The van der Waals surface area contributed by atoms with E-state index >= 15 is 0 Å². The van der Waals surface area contributed by atoms with Crippen LogP contribution in [0.1, 0.15) is 57.8 Å². The lowest BCUT2D eigenvalue weighted by molar-refractivity contribution is -0.117. The van der Waals surface area contributed by atoms with Gasteiger partial charge in [-0.1, -0.05) is 19.1 Å². The van der Waals surface area contributed by atoms with Gasteiger partial charge in [-0.25, -0.2) is 9.78 Å². The number of rotatable bonds is 8. The molecule has 1 aliphatic rings. The Morgan fingerprint density at radius 2 is 1.97 bits per heavy atom. The summed E-state index contributed by atoms with van der Waals surface area (Å²) in [4.78, 5) is 28.5. The summed E-state index contributed by atoms with van der Waals surface area (Å²) in [6.07, 6.45) is 2.78. The highest BCUT2D eigenvalue weighted by atomic mass is 16.6. The molecule has 0 radical (unpaired) electrons. The molecule has 0 fully saturated rings. The predicted molar refractivity (Wildman–Crippen MR) is 147 cm³/mol. The van der Waals surface area contributed by atoms with E-state index in [4.69, 9.17) is 14.2 Å². The number of ether oxygens (including phenoxy) is 3. The number of aryl methyl sites for hydroxylation is 1. The SMILES string of the molecule is C[C@H](CNC(=O)OC(C)(C)C)CC(=O)Nc1ccc(Oc2ccc3c(c2)CCC(c2cccc(O)c2)O3)nc1. The molecule has 2 atom stereocenters. The number of hydrogen-bond acceptors (Lipinski definition) is 7. The first kappa shape index (κ1) is 27.8. The molecule has 0 saturated carbocycles. The average Bonchev–Trinajstić information content (AvgIpc) is 2.87. The number of nitrogens with zero attached hydrogens (tertiary/aromatic N) is 1. The molecule has 2 heterocycles. The third kappa shape index (κ3) is 8.36. The van der Waals surface area contributed by atoms with E-state index in [1.165, 1.54) is 6.20 Å². The summed E-state index contributed by atoms with van der Waals surface area (Å²) < 4.78 is 17.3. The molecule has 206 valence electrons. The summed E-state index contributed by atoms with van der Waals surface area (Å²) in [5, 5.41) is 15.3. The van der Waals surface area contributed by atoms with Crippen LogP contribution in [-0.4, -0.2) is 34.2 Å². The van der Waals surface area contributed by atoms with Crippen LogP contribution in [0.3, 0.4) is 0 Å². The monoisotopic (exact) mass is 533 g/mol. The number of alkyl carbamates (subject to hydrolysis) is 1. The van der Waals surface area contributed by atoms with E-state index < -0.39 is 11.7 Å². The number of amides is 2. The molecule has 4 rings (SSSR count). The van der Waals surface area contributed by atoms with E-state index in [0.29, 0.717) is 23.9 Å². The highest BCUT2D eigenvalue weighted by Crippen LogP contribution is 2.38. The van der Waals surface area contributed by atoms with Crippen LogP contribution < -0.4 is 20.1 Å². The highest BCUT2D eigenvalue weighted by Gasteiger charge is 2.22. The van der Waals surface area contributed by atoms with Crippen molar-refractivity contribution in [3.05, 3.63) is 71.9 Å². The zero-order valence-corrected chi connectivity index (χ0v) is 22.7. The van der Waals surface area contributed by atoms with E-state index in [-0.39, 0.29) is 30.1 Å². The predicted octanol–water partition coefficient (Wildman–Crippen LogP) is 6.14. The van der Waals surface area contributed by atoms with Crippen LogP contribution in [0.2, 0.25) is 0 Å². The van der Waals surface area contributed by atoms with Crippen LogP contribution in [0.15, 0.2) is 60.8 Å². The quantitative estimate of drug-likeness (QED) is 0.318. The van der Waals surface area contributed by atoms with Crippen LogP contribution in [-0.2, 0) is 16.0 Å². The highest BCUT2D eigenvalue weighted by molar-refractivity contribution is 5.90. The van der Waals surface area contributed by atoms with Crippen molar-refractivity contribution in [3.8, 4) is 23.1 Å². The molecule has 2 amide bonds. The van der Waals surface area contributed by atoms with E-state index in [1.54, 1.807) is 45.0 Å². The van der Waals surface area contributed by atoms with Gasteiger partial charge in [-0.3, -0.25) is 4.79 Å². The molecule has 0 saturated heterocycles. The maximum atomic E-state index is 12.4. The van der Waals surface area contributed by atoms with E-state index in [1.807, 2.05) is 37.3 Å². The van der Waals surface area contributed by atoms with E-state index in [9.17, 15) is 14.7 Å². The molecule has 39 heavy (non-hydrogen) atoms. The Labute approximate surface area is 228 Å². The van der Waals surface area contributed by atoms with Crippen molar-refractivity contribution in [1.82, 2.24) is 10.3 Å². The zero-order valence-electron chi connectivity index (χ0n) is 22.7. The maximum absolute atomic E-state index is 12.4. The number of phenolic OH excluding ortho intramolecular Hbond substituents is 1. The second kappa shape index (κ2) is 12.1. The summed E-state index contributed by atoms with van der Waals surface area (Å²) in [5.41, 5.74) is 1.98. The normalized spacial score (nSPS) is 15.3. The Balaban J connectivity index is 1.25. The van der Waals surface area contributed by atoms with Crippen molar-refractivity contribution < 1.29 is 28.9 Å². The number of nitrogens with one attached hydrogen (secondary N) is 2. The number of carbonyl (C=O) groups is 2. The van der Waals surface area contributed by atoms with E-state index in [0.717, 1.165) is 29.7 Å². The van der Waals surface area contributed by atoms with Gasteiger partial charge in [0.25, 0.3) is 0 Å². The number of aromatic hydroxyl groups is 1. The number of pyridine rings is 1. The van der Waals surface area contributed by atoms with Crippen molar-refractivity contribution in [3.63, 3.8) is 0 Å². The fourth-order valence-electron chi connectivity index (χ4n) is 4.20. The molecular weight excluding hydrogens is 498 g/mol. The summed E-state index contributed by atoms with van der Waals surface area (Å²) in [6.45, 7) is 7.60. The molecule has 3 N–H and O–H groups in total. The minimum atomic E-state index is -0.569. The van der Waals surface area contributed by atoms with Crippen LogP contribution in [0.4, 0.5) is 10.5 Å². The standard InChI is InChI=1S/C30H35N3O6/c1-19(17-32-29(36)39-30(2,3)4)14-27(35)33-22-9-13-28(31-18-22)37-24-10-12-26-21(16-24)8-11-25(38-26)20-6-5-7-23(34)15-20/h5-7,9-10,12-13,15-16,18-19,25,34H,8,11,14,17H2,1-4H3,(H,32,36)(H,33,35)/t19-,25?/m0/s1. The van der Waals surface area contributed by atoms with Gasteiger partial charge in [0.05, 0.1) is 11.9 Å². The molecule has 9 nitrogen and oxygen atoms in total. The maximum Gasteiger partial charge on any atom is 0.407 e. The number of carbonyl (C=O) groups excluding carboxylic acids is 2. The Morgan fingerprint density at radius 3 is 2.69 bits per heavy atom. The first-order valence-corrected chi connectivity index (χ1v) is 13.0. The van der Waals surface area contributed by atoms with Gasteiger partial charge in [-0.2, -0.15) is 0 Å². The summed E-state index contributed by atoms with van der Waals surface area (Å²) in [6, 6.07) is 16.2. The molecule has 3 aromatic rings. The Bertz CT molecular complexity index is 1300. The Kier molecular flexibility index (Phi) is 8.59. The second-order valence-electron chi connectivity index (χ2n) is 10.7. The van der Waals surface area contributed by atoms with Gasteiger partial charge >= 0.3 is 6.09 Å². The molecule has 2 aromatic carbocycles. The number of hydrogen-bond donors (Lipinski definition) is 3. The number of fused-ring (bicyclic) bond motifs is 1. The zero-order chi connectivity index (χ0) is 28.0. The van der Waals surface area contributed by atoms with Crippen LogP contribution in [0.25, 0.3) is 0 Å². The van der Waals surface area contributed by atoms with Crippen molar-refractivity contribution in [2.75, 3.05) is 11.9 Å². The topological polar surface area (TPSA) is 119 Å². The second-order valence-corrected chi connectivity index (χ2v) is 10.7. The Morgan fingerprint density at radius 1 is 1.15 bits per heavy atom. The molecule has 1 aliphatic heterocycles. The average molecular weight is 534 g/mol. The Hall–Kier alpha value is -4.27. The third-order valence-corrected chi connectivity index (χ3v) is 5.99. The summed E-state index contributed by atoms with van der Waals surface area (Å²) in [5.74, 6) is 1.81. The fourth-order valence-corrected chi connectivity index (χ4v) is 4.20. The van der Waals surface area contributed by atoms with Crippen molar-refractivity contribution in [1.29, 1.82) is 0 Å². The lowest BCUT2D eigenvalue weighted by atomic mass is 9.97. The van der Waals surface area contributed by atoms with Crippen molar-refractivity contribution >= 4 is 17.7 Å². The number of phenols is 1. The first-order valence-electron chi connectivity index (χ1n) is 13.0. The summed E-state index contributed by atoms with van der Waals surface area (Å²) >= 11 is 0. The minimum absolute atomic E-state index is 0.0730. The molecule has 9 heteroatoms.